The molecule has 1 rings (SSSR count). The molecule has 1 aromatic rings. The lowest BCUT2D eigenvalue weighted by Gasteiger charge is -2.29. The first kappa shape index (κ1) is 15.4. The number of ketones is 1. The fraction of sp³-hybridized carbons (Fsp3) is 0.533. The maximum Gasteiger partial charge on any atom is 0.166 e. The Labute approximate surface area is 118 Å². The van der Waals surface area contributed by atoms with E-state index in [2.05, 4.69) is 15.9 Å². The molecule has 1 unspecified atom stereocenters. The van der Waals surface area contributed by atoms with Crippen LogP contribution in [0.1, 0.15) is 33.3 Å². The van der Waals surface area contributed by atoms with Crippen LogP contribution in [-0.4, -0.2) is 18.5 Å². The molecule has 2 nitrogen and oxygen atoms in total. The fourth-order valence-electron chi connectivity index (χ4n) is 1.89. The topological polar surface area (TPSA) is 26.3 Å². The average Bonchev–Trinajstić information content (AvgIpc) is 2.27. The number of hydrogen-bond acceptors (Lipinski definition) is 2. The van der Waals surface area contributed by atoms with Gasteiger partial charge in [0.05, 0.1) is 0 Å². The average molecular weight is 313 g/mol. The minimum absolute atomic E-state index is 0.145. The normalized spacial score (nSPS) is 13.4. The van der Waals surface area contributed by atoms with Gasteiger partial charge in [-0.1, -0.05) is 48.8 Å². The zero-order valence-corrected chi connectivity index (χ0v) is 13.1. The van der Waals surface area contributed by atoms with E-state index < -0.39 is 0 Å². The molecule has 18 heavy (non-hydrogen) atoms. The summed E-state index contributed by atoms with van der Waals surface area (Å²) < 4.78 is 6.63. The van der Waals surface area contributed by atoms with Crippen molar-refractivity contribution in [2.24, 2.45) is 5.41 Å². The number of rotatable bonds is 5. The molecule has 0 radical (unpaired) electrons. The monoisotopic (exact) mass is 312 g/mol. The van der Waals surface area contributed by atoms with Crippen molar-refractivity contribution >= 4 is 21.7 Å². The molecule has 0 amide bonds. The maximum atomic E-state index is 12.3. The summed E-state index contributed by atoms with van der Waals surface area (Å²) in [4.78, 5) is 12.3. The second-order valence-electron chi connectivity index (χ2n) is 5.47. The molecule has 0 aliphatic carbocycles. The minimum Gasteiger partial charge on any atom is -0.370 e. The molecule has 0 fully saturated rings. The highest BCUT2D eigenvalue weighted by Gasteiger charge is 2.31. The predicted octanol–water partition coefficient (Wildman–Crippen LogP) is 4.01. The summed E-state index contributed by atoms with van der Waals surface area (Å²) in [5.41, 5.74) is 0.861. The van der Waals surface area contributed by atoms with E-state index in [1.807, 2.05) is 52.0 Å². The van der Waals surface area contributed by atoms with Crippen LogP contribution in [0, 0.1) is 5.41 Å². The second kappa shape index (κ2) is 6.48. The minimum atomic E-state index is -0.342. The highest BCUT2D eigenvalue weighted by molar-refractivity contribution is 9.10. The largest absolute Gasteiger partial charge is 0.370 e. The number of Topliss-reactive ketones (excluding diaryl/α,β-unsaturated/α-hetero) is 1. The van der Waals surface area contributed by atoms with Gasteiger partial charge in [-0.15, -0.1) is 0 Å². The fourth-order valence-corrected chi connectivity index (χ4v) is 2.15. The lowest BCUT2D eigenvalue weighted by atomic mass is 9.84. The molecule has 0 saturated carbocycles. The molecule has 0 aliphatic heterocycles. The first-order valence-electron chi connectivity index (χ1n) is 6.23. The molecule has 1 atom stereocenters. The summed E-state index contributed by atoms with van der Waals surface area (Å²) in [7, 11) is 0. The molecule has 0 saturated heterocycles. The number of hydrogen-bond donors (Lipinski definition) is 0. The molecule has 1 aromatic carbocycles. The van der Waals surface area contributed by atoms with Gasteiger partial charge in [0.2, 0.25) is 0 Å². The van der Waals surface area contributed by atoms with Crippen molar-refractivity contribution in [3.05, 3.63) is 34.3 Å². The van der Waals surface area contributed by atoms with Gasteiger partial charge < -0.3 is 4.74 Å². The smallest absolute Gasteiger partial charge is 0.166 e. The molecule has 3 heteroatoms. The van der Waals surface area contributed by atoms with E-state index in [0.29, 0.717) is 13.0 Å². The van der Waals surface area contributed by atoms with Crippen LogP contribution in [0.15, 0.2) is 28.7 Å². The first-order valence-corrected chi connectivity index (χ1v) is 7.02. The van der Waals surface area contributed by atoms with Crippen molar-refractivity contribution in [1.29, 1.82) is 0 Å². The standard InChI is InChI=1S/C15H21BrO2/c1-5-18-14(15(2,3)4)13(17)10-11-6-8-12(16)9-7-11/h6-9,14H,5,10H2,1-4H3. The Bertz CT molecular complexity index is 390. The van der Waals surface area contributed by atoms with Gasteiger partial charge in [-0.25, -0.2) is 0 Å². The Hall–Kier alpha value is -0.670. The maximum absolute atomic E-state index is 12.3. The summed E-state index contributed by atoms with van der Waals surface area (Å²) in [5, 5.41) is 0. The van der Waals surface area contributed by atoms with E-state index in [1.54, 1.807) is 0 Å². The zero-order chi connectivity index (χ0) is 13.8. The number of carbonyl (C=O) groups excluding carboxylic acids is 1. The van der Waals surface area contributed by atoms with Crippen LogP contribution in [0.5, 0.6) is 0 Å². The summed E-state index contributed by atoms with van der Waals surface area (Å²) in [5.74, 6) is 0.145. The molecular weight excluding hydrogens is 292 g/mol. The van der Waals surface area contributed by atoms with Crippen molar-refractivity contribution in [3.63, 3.8) is 0 Å². The zero-order valence-electron chi connectivity index (χ0n) is 11.5. The third kappa shape index (κ3) is 4.54. The quantitative estimate of drug-likeness (QED) is 0.821. The van der Waals surface area contributed by atoms with Gasteiger partial charge in [-0.2, -0.15) is 0 Å². The molecule has 0 bridgehead atoms. The molecule has 0 heterocycles. The van der Waals surface area contributed by atoms with Crippen LogP contribution in [0.3, 0.4) is 0 Å². The van der Waals surface area contributed by atoms with Crippen molar-refractivity contribution < 1.29 is 9.53 Å². The molecular formula is C15H21BrO2. The summed E-state index contributed by atoms with van der Waals surface area (Å²) in [6.45, 7) is 8.59. The van der Waals surface area contributed by atoms with Crippen LogP contribution in [0.2, 0.25) is 0 Å². The van der Waals surface area contributed by atoms with Crippen LogP contribution < -0.4 is 0 Å². The van der Waals surface area contributed by atoms with E-state index in [1.165, 1.54) is 0 Å². The van der Waals surface area contributed by atoms with Crippen LogP contribution in [0.25, 0.3) is 0 Å². The number of benzene rings is 1. The summed E-state index contributed by atoms with van der Waals surface area (Å²) in [6.07, 6.45) is 0.0843. The molecule has 100 valence electrons. The van der Waals surface area contributed by atoms with Crippen molar-refractivity contribution in [2.75, 3.05) is 6.61 Å². The van der Waals surface area contributed by atoms with Gasteiger partial charge in [0.1, 0.15) is 6.10 Å². The lowest BCUT2D eigenvalue weighted by molar-refractivity contribution is -0.136. The van der Waals surface area contributed by atoms with Crippen molar-refractivity contribution in [1.82, 2.24) is 0 Å². The lowest BCUT2D eigenvalue weighted by Crippen LogP contribution is -2.38. The van der Waals surface area contributed by atoms with Crippen molar-refractivity contribution in [2.45, 2.75) is 40.2 Å². The highest BCUT2D eigenvalue weighted by atomic mass is 79.9. The van der Waals surface area contributed by atoms with Gasteiger partial charge in [-0.3, -0.25) is 4.79 Å². The third-order valence-electron chi connectivity index (χ3n) is 2.70. The highest BCUT2D eigenvalue weighted by Crippen LogP contribution is 2.24. The third-order valence-corrected chi connectivity index (χ3v) is 3.23. The molecule has 0 aromatic heterocycles. The first-order chi connectivity index (χ1) is 8.34. The van der Waals surface area contributed by atoms with Crippen LogP contribution in [0.4, 0.5) is 0 Å². The van der Waals surface area contributed by atoms with E-state index >= 15 is 0 Å². The number of ether oxygens (including phenoxy) is 1. The number of carbonyl (C=O) groups is 1. The summed E-state index contributed by atoms with van der Waals surface area (Å²) >= 11 is 3.39. The van der Waals surface area contributed by atoms with Crippen molar-refractivity contribution in [3.8, 4) is 0 Å². The van der Waals surface area contributed by atoms with Gasteiger partial charge in [-0.05, 0) is 30.0 Å². The Balaban J connectivity index is 2.76. The Kier molecular flexibility index (Phi) is 5.54. The molecule has 0 aliphatic rings. The molecule has 0 spiro atoms. The van der Waals surface area contributed by atoms with Crippen LogP contribution in [-0.2, 0) is 16.0 Å². The van der Waals surface area contributed by atoms with E-state index in [-0.39, 0.29) is 17.3 Å². The predicted molar refractivity (Wildman–Crippen MR) is 77.7 cm³/mol. The second-order valence-corrected chi connectivity index (χ2v) is 6.39. The SMILES string of the molecule is CCOC(C(=O)Cc1ccc(Br)cc1)C(C)(C)C. The Morgan fingerprint density at radius 2 is 1.83 bits per heavy atom. The van der Waals surface area contributed by atoms with Gasteiger partial charge in [0, 0.05) is 17.5 Å². The van der Waals surface area contributed by atoms with E-state index in [9.17, 15) is 4.79 Å². The van der Waals surface area contributed by atoms with Crippen LogP contribution >= 0.6 is 15.9 Å². The van der Waals surface area contributed by atoms with E-state index in [4.69, 9.17) is 4.74 Å². The van der Waals surface area contributed by atoms with Gasteiger partial charge in [0.15, 0.2) is 5.78 Å². The number of halogens is 1. The Morgan fingerprint density at radius 1 is 1.28 bits per heavy atom. The Morgan fingerprint density at radius 3 is 2.28 bits per heavy atom. The summed E-state index contributed by atoms with van der Waals surface area (Å²) in [6, 6.07) is 7.84. The van der Waals surface area contributed by atoms with E-state index in [0.717, 1.165) is 10.0 Å². The van der Waals surface area contributed by atoms with Gasteiger partial charge >= 0.3 is 0 Å². The van der Waals surface area contributed by atoms with Gasteiger partial charge in [0.25, 0.3) is 0 Å². The molecule has 0 N–H and O–H groups in total.